The minimum absolute atomic E-state index is 0.0963. The van der Waals surface area contributed by atoms with Gasteiger partial charge in [0.15, 0.2) is 0 Å². The van der Waals surface area contributed by atoms with E-state index in [4.69, 9.17) is 0 Å². The molecule has 1 heterocycles. The minimum atomic E-state index is 0.0963. The Balaban J connectivity index is 2.03. The van der Waals surface area contributed by atoms with Crippen LogP contribution in [0.4, 0.5) is 0 Å². The van der Waals surface area contributed by atoms with Gasteiger partial charge in [-0.25, -0.2) is 0 Å². The first-order chi connectivity index (χ1) is 8.77. The Kier molecular flexibility index (Phi) is 4.78. The molecule has 0 atom stereocenters. The first-order valence-corrected chi connectivity index (χ1v) is 7.60. The molecule has 0 aromatic carbocycles. The van der Waals surface area contributed by atoms with Crippen molar-refractivity contribution < 1.29 is 4.79 Å². The molecule has 0 aliphatic heterocycles. The van der Waals surface area contributed by atoms with Gasteiger partial charge in [-0.15, -0.1) is 11.3 Å². The second-order valence-corrected chi connectivity index (χ2v) is 6.07. The summed E-state index contributed by atoms with van der Waals surface area (Å²) < 4.78 is 0. The van der Waals surface area contributed by atoms with Crippen LogP contribution in [0.2, 0.25) is 0 Å². The van der Waals surface area contributed by atoms with Crippen LogP contribution in [-0.4, -0.2) is 26.0 Å². The smallest absolute Gasteiger partial charge is 0.233 e. The summed E-state index contributed by atoms with van der Waals surface area (Å²) in [7, 11) is 1.80. The molecule has 4 heteroatoms. The predicted octanol–water partition coefficient (Wildman–Crippen LogP) is 2.29. The molecule has 0 saturated heterocycles. The zero-order valence-corrected chi connectivity index (χ0v) is 11.8. The Morgan fingerprint density at radius 2 is 2.17 bits per heavy atom. The third-order valence-electron chi connectivity index (χ3n) is 3.82. The Bertz CT molecular complexity index is 369. The van der Waals surface area contributed by atoms with Gasteiger partial charge in [0.25, 0.3) is 0 Å². The third kappa shape index (κ3) is 3.12. The summed E-state index contributed by atoms with van der Waals surface area (Å²) in [5, 5.41) is 8.12. The van der Waals surface area contributed by atoms with Crippen LogP contribution in [-0.2, 0) is 10.2 Å². The van der Waals surface area contributed by atoms with E-state index in [1.807, 2.05) is 11.3 Å². The van der Waals surface area contributed by atoms with Gasteiger partial charge in [-0.05, 0) is 31.3 Å². The summed E-state index contributed by atoms with van der Waals surface area (Å²) in [6.07, 6.45) is 6.29. The summed E-state index contributed by atoms with van der Waals surface area (Å²) in [6.45, 7) is 1.19. The molecule has 2 N–H and O–H groups in total. The van der Waals surface area contributed by atoms with Crippen molar-refractivity contribution in [3.05, 3.63) is 22.4 Å². The highest BCUT2D eigenvalue weighted by molar-refractivity contribution is 7.10. The summed E-state index contributed by atoms with van der Waals surface area (Å²) in [6, 6.07) is 4.34. The zero-order valence-electron chi connectivity index (χ0n) is 11.0. The molecule has 0 radical (unpaired) electrons. The summed E-state index contributed by atoms with van der Waals surface area (Å²) in [4.78, 5) is 13.1. The maximum Gasteiger partial charge on any atom is 0.233 e. The minimum Gasteiger partial charge on any atom is -0.354 e. The number of thiophene rings is 1. The number of nitrogens with one attached hydrogen (secondary N) is 2. The molecule has 1 amide bonds. The molecule has 0 unspecified atom stereocenters. The van der Waals surface area contributed by atoms with E-state index in [0.717, 1.165) is 6.54 Å². The maximum atomic E-state index is 11.6. The molecule has 2 rings (SSSR count). The fourth-order valence-electron chi connectivity index (χ4n) is 2.81. The number of carbonyl (C=O) groups is 1. The first kappa shape index (κ1) is 13.6. The van der Waals surface area contributed by atoms with Crippen molar-refractivity contribution in [2.45, 2.75) is 37.5 Å². The normalized spacial score (nSPS) is 18.5. The lowest BCUT2D eigenvalue weighted by atomic mass is 9.73. The van der Waals surface area contributed by atoms with E-state index in [1.165, 1.54) is 37.0 Å². The van der Waals surface area contributed by atoms with Gasteiger partial charge < -0.3 is 10.6 Å². The van der Waals surface area contributed by atoms with Gasteiger partial charge in [0.2, 0.25) is 5.91 Å². The van der Waals surface area contributed by atoms with Gasteiger partial charge in [-0.3, -0.25) is 4.79 Å². The lowest BCUT2D eigenvalue weighted by molar-refractivity contribution is -0.120. The van der Waals surface area contributed by atoms with Crippen LogP contribution < -0.4 is 10.6 Å². The molecule has 1 aromatic heterocycles. The number of rotatable bonds is 5. The number of hydrogen-bond donors (Lipinski definition) is 2. The van der Waals surface area contributed by atoms with E-state index in [-0.39, 0.29) is 11.3 Å². The lowest BCUT2D eigenvalue weighted by Crippen LogP contribution is -2.43. The predicted molar refractivity (Wildman–Crippen MR) is 76.0 cm³/mol. The van der Waals surface area contributed by atoms with Gasteiger partial charge in [0, 0.05) is 16.8 Å². The van der Waals surface area contributed by atoms with Crippen molar-refractivity contribution >= 4 is 17.2 Å². The van der Waals surface area contributed by atoms with Crippen molar-refractivity contribution in [2.75, 3.05) is 20.1 Å². The monoisotopic (exact) mass is 266 g/mol. The summed E-state index contributed by atoms with van der Waals surface area (Å²) in [5.74, 6) is 0.0963. The molecular formula is C14H22N2OS. The molecule has 0 spiro atoms. The molecule has 1 aliphatic rings. The fraction of sp³-hybridized carbons (Fsp3) is 0.643. The van der Waals surface area contributed by atoms with Crippen LogP contribution >= 0.6 is 11.3 Å². The van der Waals surface area contributed by atoms with Gasteiger partial charge >= 0.3 is 0 Å². The van der Waals surface area contributed by atoms with E-state index < -0.39 is 0 Å². The third-order valence-corrected chi connectivity index (χ3v) is 4.93. The second kappa shape index (κ2) is 6.34. The Morgan fingerprint density at radius 1 is 1.39 bits per heavy atom. The summed E-state index contributed by atoms with van der Waals surface area (Å²) in [5.41, 5.74) is 0.190. The maximum absolute atomic E-state index is 11.6. The number of likely N-dealkylation sites (N-methyl/N-ethyl adjacent to an activating group) is 1. The van der Waals surface area contributed by atoms with E-state index in [1.54, 1.807) is 7.05 Å². The largest absolute Gasteiger partial charge is 0.354 e. The van der Waals surface area contributed by atoms with Gasteiger partial charge in [-0.1, -0.05) is 25.3 Å². The molecule has 1 saturated carbocycles. The van der Waals surface area contributed by atoms with Crippen LogP contribution in [0, 0.1) is 0 Å². The standard InChI is InChI=1S/C14H22N2OS/c1-15-10-13(17)16-11-14(7-3-2-4-8-14)12-6-5-9-18-12/h5-6,9,15H,2-4,7-8,10-11H2,1H3,(H,16,17). The van der Waals surface area contributed by atoms with Crippen molar-refractivity contribution in [3.8, 4) is 0 Å². The van der Waals surface area contributed by atoms with Crippen molar-refractivity contribution in [1.82, 2.24) is 10.6 Å². The van der Waals surface area contributed by atoms with E-state index >= 15 is 0 Å². The topological polar surface area (TPSA) is 41.1 Å². The van der Waals surface area contributed by atoms with Crippen LogP contribution in [0.15, 0.2) is 17.5 Å². The number of amides is 1. The molecular weight excluding hydrogens is 244 g/mol. The Morgan fingerprint density at radius 3 is 2.78 bits per heavy atom. The van der Waals surface area contributed by atoms with Crippen molar-refractivity contribution in [2.24, 2.45) is 0 Å². The lowest BCUT2D eigenvalue weighted by Gasteiger charge is -2.36. The highest BCUT2D eigenvalue weighted by Gasteiger charge is 2.34. The highest BCUT2D eigenvalue weighted by Crippen LogP contribution is 2.40. The molecule has 18 heavy (non-hydrogen) atoms. The zero-order chi connectivity index (χ0) is 12.8. The SMILES string of the molecule is CNCC(=O)NCC1(c2cccs2)CCCCC1. The second-order valence-electron chi connectivity index (χ2n) is 5.13. The van der Waals surface area contributed by atoms with Crippen molar-refractivity contribution in [3.63, 3.8) is 0 Å². The van der Waals surface area contributed by atoms with Crippen LogP contribution in [0.1, 0.15) is 37.0 Å². The molecule has 1 aromatic rings. The van der Waals surface area contributed by atoms with E-state index in [0.29, 0.717) is 6.54 Å². The van der Waals surface area contributed by atoms with Crippen molar-refractivity contribution in [1.29, 1.82) is 0 Å². The molecule has 100 valence electrons. The van der Waals surface area contributed by atoms with Gasteiger partial charge in [0.05, 0.1) is 6.54 Å². The molecule has 1 fully saturated rings. The van der Waals surface area contributed by atoms with E-state index in [2.05, 4.69) is 28.1 Å². The van der Waals surface area contributed by atoms with Crippen LogP contribution in [0.3, 0.4) is 0 Å². The number of carbonyl (C=O) groups excluding carboxylic acids is 1. The van der Waals surface area contributed by atoms with Crippen LogP contribution in [0.5, 0.6) is 0 Å². The van der Waals surface area contributed by atoms with Gasteiger partial charge in [0.1, 0.15) is 0 Å². The Labute approximate surface area is 113 Å². The average molecular weight is 266 g/mol. The van der Waals surface area contributed by atoms with Crippen LogP contribution in [0.25, 0.3) is 0 Å². The molecule has 1 aliphatic carbocycles. The van der Waals surface area contributed by atoms with E-state index in [9.17, 15) is 4.79 Å². The average Bonchev–Trinajstić information content (AvgIpc) is 2.92. The molecule has 0 bridgehead atoms. The van der Waals surface area contributed by atoms with Gasteiger partial charge in [-0.2, -0.15) is 0 Å². The molecule has 3 nitrogen and oxygen atoms in total. The highest BCUT2D eigenvalue weighted by atomic mass is 32.1. The number of hydrogen-bond acceptors (Lipinski definition) is 3. The quantitative estimate of drug-likeness (QED) is 0.858. The fourth-order valence-corrected chi connectivity index (χ4v) is 3.80. The Hall–Kier alpha value is -0.870. The first-order valence-electron chi connectivity index (χ1n) is 6.72. The summed E-state index contributed by atoms with van der Waals surface area (Å²) >= 11 is 1.83.